The van der Waals surface area contributed by atoms with E-state index >= 15 is 0 Å². The Bertz CT molecular complexity index is 339. The summed E-state index contributed by atoms with van der Waals surface area (Å²) in [5.41, 5.74) is 0.856. The summed E-state index contributed by atoms with van der Waals surface area (Å²) in [4.78, 5) is 10.5. The van der Waals surface area contributed by atoms with Crippen molar-refractivity contribution < 1.29 is 9.53 Å². The number of benzene rings is 1. The molecular formula is C9H7NO2. The number of methoxy groups -OCH3 is 1. The Morgan fingerprint density at radius 2 is 2.33 bits per heavy atom. The summed E-state index contributed by atoms with van der Waals surface area (Å²) >= 11 is 0. The molecule has 0 aliphatic carbocycles. The lowest BCUT2D eigenvalue weighted by atomic mass is 10.1. The number of hydrogen-bond donors (Lipinski definition) is 0. The maximum atomic E-state index is 10.5. The van der Waals surface area contributed by atoms with E-state index in [0.717, 1.165) is 0 Å². The minimum atomic E-state index is 0.400. The maximum absolute atomic E-state index is 10.5. The summed E-state index contributed by atoms with van der Waals surface area (Å²) in [5.74, 6) is 0.490. The van der Waals surface area contributed by atoms with E-state index in [0.29, 0.717) is 23.2 Å². The largest absolute Gasteiger partial charge is 0.496 e. The summed E-state index contributed by atoms with van der Waals surface area (Å²) in [6.07, 6.45) is 0.666. The van der Waals surface area contributed by atoms with Crippen molar-refractivity contribution in [3.8, 4) is 11.8 Å². The van der Waals surface area contributed by atoms with Crippen molar-refractivity contribution >= 4 is 6.29 Å². The molecule has 0 unspecified atom stereocenters. The lowest BCUT2D eigenvalue weighted by Gasteiger charge is -2.01. The highest BCUT2D eigenvalue weighted by molar-refractivity contribution is 5.80. The normalized spacial score (nSPS) is 8.67. The van der Waals surface area contributed by atoms with Gasteiger partial charge in [-0.05, 0) is 18.2 Å². The number of nitrogens with zero attached hydrogens (tertiary/aromatic N) is 1. The highest BCUT2D eigenvalue weighted by Crippen LogP contribution is 2.16. The standard InChI is InChI=1S/C9H7NO2/c1-12-9-3-2-7(5-10)4-8(9)6-11/h2-4,6H,1H3. The lowest BCUT2D eigenvalue weighted by molar-refractivity contribution is 0.112. The van der Waals surface area contributed by atoms with Crippen LogP contribution in [0.2, 0.25) is 0 Å². The van der Waals surface area contributed by atoms with E-state index < -0.39 is 0 Å². The Hall–Kier alpha value is -1.82. The Morgan fingerprint density at radius 3 is 2.83 bits per heavy atom. The molecule has 12 heavy (non-hydrogen) atoms. The molecule has 0 spiro atoms. The zero-order valence-electron chi connectivity index (χ0n) is 6.57. The molecule has 0 amide bonds. The molecule has 0 saturated carbocycles. The monoisotopic (exact) mass is 161 g/mol. The van der Waals surface area contributed by atoms with Crippen LogP contribution in [0.5, 0.6) is 5.75 Å². The number of hydrogen-bond acceptors (Lipinski definition) is 3. The van der Waals surface area contributed by atoms with Crippen LogP contribution in [0.1, 0.15) is 15.9 Å². The van der Waals surface area contributed by atoms with Gasteiger partial charge in [0.05, 0.1) is 24.3 Å². The van der Waals surface area contributed by atoms with E-state index in [2.05, 4.69) is 0 Å². The summed E-state index contributed by atoms with van der Waals surface area (Å²) in [5, 5.41) is 8.51. The van der Waals surface area contributed by atoms with Gasteiger partial charge < -0.3 is 4.74 Å². The lowest BCUT2D eigenvalue weighted by Crippen LogP contribution is -1.90. The first-order chi connectivity index (χ1) is 5.81. The molecule has 0 atom stereocenters. The van der Waals surface area contributed by atoms with Gasteiger partial charge in [0.15, 0.2) is 6.29 Å². The van der Waals surface area contributed by atoms with E-state index in [9.17, 15) is 4.79 Å². The van der Waals surface area contributed by atoms with Crippen molar-refractivity contribution in [2.24, 2.45) is 0 Å². The first-order valence-corrected chi connectivity index (χ1v) is 3.35. The molecule has 0 heterocycles. The van der Waals surface area contributed by atoms with Gasteiger partial charge in [0.2, 0.25) is 0 Å². The van der Waals surface area contributed by atoms with Crippen molar-refractivity contribution in [3.05, 3.63) is 29.3 Å². The van der Waals surface area contributed by atoms with Crippen LogP contribution >= 0.6 is 0 Å². The van der Waals surface area contributed by atoms with Crippen LogP contribution in [-0.4, -0.2) is 13.4 Å². The number of carbonyl (C=O) groups is 1. The average Bonchev–Trinajstić information content (AvgIpc) is 2.16. The number of ether oxygens (including phenoxy) is 1. The SMILES string of the molecule is COc1ccc(C#N)cc1C=O. The third-order valence-electron chi connectivity index (χ3n) is 1.49. The fourth-order valence-electron chi connectivity index (χ4n) is 0.896. The first kappa shape index (κ1) is 8.28. The van der Waals surface area contributed by atoms with Gasteiger partial charge in [0.1, 0.15) is 5.75 Å². The van der Waals surface area contributed by atoms with E-state index in [4.69, 9.17) is 10.00 Å². The summed E-state index contributed by atoms with van der Waals surface area (Å²) in [6.45, 7) is 0. The van der Waals surface area contributed by atoms with Crippen molar-refractivity contribution in [2.75, 3.05) is 7.11 Å². The predicted octanol–water partition coefficient (Wildman–Crippen LogP) is 1.38. The maximum Gasteiger partial charge on any atom is 0.153 e. The average molecular weight is 161 g/mol. The van der Waals surface area contributed by atoms with Gasteiger partial charge in [0, 0.05) is 0 Å². The van der Waals surface area contributed by atoms with E-state index in [-0.39, 0.29) is 0 Å². The molecule has 0 bridgehead atoms. The second-order valence-corrected chi connectivity index (χ2v) is 2.19. The minimum Gasteiger partial charge on any atom is -0.496 e. The molecule has 0 N–H and O–H groups in total. The van der Waals surface area contributed by atoms with Gasteiger partial charge in [0.25, 0.3) is 0 Å². The molecule has 1 aromatic rings. The number of carbonyl (C=O) groups excluding carboxylic acids is 1. The van der Waals surface area contributed by atoms with E-state index in [1.165, 1.54) is 13.2 Å². The van der Waals surface area contributed by atoms with Crippen LogP contribution < -0.4 is 4.74 Å². The minimum absolute atomic E-state index is 0.400. The quantitative estimate of drug-likeness (QED) is 0.615. The Balaban J connectivity index is 3.21. The number of nitriles is 1. The molecule has 3 heteroatoms. The van der Waals surface area contributed by atoms with Crippen LogP contribution in [0.3, 0.4) is 0 Å². The van der Waals surface area contributed by atoms with Gasteiger partial charge in [-0.3, -0.25) is 4.79 Å². The van der Waals surface area contributed by atoms with Crippen LogP contribution in [0.25, 0.3) is 0 Å². The molecule has 0 saturated heterocycles. The molecule has 3 nitrogen and oxygen atoms in total. The predicted molar refractivity (Wildman–Crippen MR) is 43.1 cm³/mol. The topological polar surface area (TPSA) is 50.1 Å². The van der Waals surface area contributed by atoms with Gasteiger partial charge in [-0.1, -0.05) is 0 Å². The Kier molecular flexibility index (Phi) is 2.44. The zero-order chi connectivity index (χ0) is 8.97. The smallest absolute Gasteiger partial charge is 0.153 e. The summed E-state index contributed by atoms with van der Waals surface area (Å²) in [7, 11) is 1.48. The first-order valence-electron chi connectivity index (χ1n) is 3.35. The van der Waals surface area contributed by atoms with Gasteiger partial charge in [-0.15, -0.1) is 0 Å². The molecule has 1 rings (SSSR count). The fraction of sp³-hybridized carbons (Fsp3) is 0.111. The summed E-state index contributed by atoms with van der Waals surface area (Å²) in [6, 6.07) is 6.63. The van der Waals surface area contributed by atoms with Crippen LogP contribution in [-0.2, 0) is 0 Å². The molecule has 0 radical (unpaired) electrons. The highest BCUT2D eigenvalue weighted by Gasteiger charge is 2.01. The van der Waals surface area contributed by atoms with Crippen molar-refractivity contribution in [2.45, 2.75) is 0 Å². The van der Waals surface area contributed by atoms with Crippen LogP contribution in [0.4, 0.5) is 0 Å². The molecular weight excluding hydrogens is 154 g/mol. The number of aldehydes is 1. The molecule has 0 fully saturated rings. The van der Waals surface area contributed by atoms with E-state index in [1.807, 2.05) is 6.07 Å². The Morgan fingerprint density at radius 1 is 1.58 bits per heavy atom. The fourth-order valence-corrected chi connectivity index (χ4v) is 0.896. The second-order valence-electron chi connectivity index (χ2n) is 2.19. The van der Waals surface area contributed by atoms with Crippen molar-refractivity contribution in [3.63, 3.8) is 0 Å². The van der Waals surface area contributed by atoms with Gasteiger partial charge >= 0.3 is 0 Å². The van der Waals surface area contributed by atoms with Gasteiger partial charge in [-0.25, -0.2) is 0 Å². The Labute approximate surface area is 70.2 Å². The second kappa shape index (κ2) is 3.54. The zero-order valence-corrected chi connectivity index (χ0v) is 6.57. The van der Waals surface area contributed by atoms with E-state index in [1.54, 1.807) is 12.1 Å². The van der Waals surface area contributed by atoms with Crippen LogP contribution in [0.15, 0.2) is 18.2 Å². The molecule has 0 aliphatic heterocycles. The summed E-state index contributed by atoms with van der Waals surface area (Å²) < 4.78 is 4.90. The third-order valence-corrected chi connectivity index (χ3v) is 1.49. The van der Waals surface area contributed by atoms with Crippen LogP contribution in [0, 0.1) is 11.3 Å². The van der Waals surface area contributed by atoms with Crippen molar-refractivity contribution in [1.82, 2.24) is 0 Å². The molecule has 0 aliphatic rings. The molecule has 0 aromatic heterocycles. The third kappa shape index (κ3) is 1.43. The highest BCUT2D eigenvalue weighted by atomic mass is 16.5. The molecule has 1 aromatic carbocycles. The number of rotatable bonds is 2. The molecule has 60 valence electrons. The van der Waals surface area contributed by atoms with Gasteiger partial charge in [-0.2, -0.15) is 5.26 Å². The van der Waals surface area contributed by atoms with Crippen molar-refractivity contribution in [1.29, 1.82) is 5.26 Å².